The largest absolute Gasteiger partial charge is 1.00 e. The van der Waals surface area contributed by atoms with E-state index in [1.807, 2.05) is 50.3 Å². The zero-order valence-electron chi connectivity index (χ0n) is 63.2. The SMILES string of the molecule is O=S(=O)=O.O=S(=O)=O.[CH2-]CCC[N+]1=C(C=CC2=C(Oc3ccc(S(=O)(=O)[O-])cc3)C(=CC=C3N(CCCCCC(=O)NCCCOCCOCCOCCCNC(=O)c4ccc(C(=O)OC)c(P(=O)(c5ccccc5)c5ccccc5)c4)c4ccc(S(=O)(=O)[O-])cc4C3(C)C)CCC2)C(C)(C)c2c[c-]ccc21.[Na+].[Na+].[Na+]. The van der Waals surface area contributed by atoms with Crippen molar-refractivity contribution >= 4 is 99.4 Å². The Morgan fingerprint density at radius 1 is 0.655 bits per heavy atom. The Labute approximate surface area is 714 Å². The van der Waals surface area contributed by atoms with Crippen LogP contribution in [0.4, 0.5) is 11.4 Å². The van der Waals surface area contributed by atoms with Gasteiger partial charge in [0.2, 0.25) is 5.91 Å². The normalized spacial score (nSPS) is 14.8. The van der Waals surface area contributed by atoms with Crippen LogP contribution < -0.4 is 125 Å². The van der Waals surface area contributed by atoms with E-state index in [2.05, 4.69) is 65.2 Å². The number of nitrogens with zero attached hydrogens (tertiary/aromatic N) is 2. The second-order valence-electron chi connectivity index (χ2n) is 25.9. The maximum atomic E-state index is 15.2. The summed E-state index contributed by atoms with van der Waals surface area (Å²) in [5.74, 6) is -0.182. The predicted molar refractivity (Wildman–Crippen MR) is 401 cm³/mol. The number of benzene rings is 6. The maximum Gasteiger partial charge on any atom is 1.00 e. The molecule has 0 spiro atoms. The van der Waals surface area contributed by atoms with E-state index in [1.54, 1.807) is 54.6 Å². The molecule has 1 aliphatic carbocycles. The molecule has 574 valence electrons. The van der Waals surface area contributed by atoms with Gasteiger partial charge in [-0.3, -0.25) is 9.59 Å². The van der Waals surface area contributed by atoms with Gasteiger partial charge in [-0.15, -0.1) is 31.3 Å². The maximum absolute atomic E-state index is 15.2. The number of esters is 1. The number of ether oxygens (including phenoxy) is 5. The zero-order valence-corrected chi connectivity index (χ0v) is 73.4. The van der Waals surface area contributed by atoms with Crippen LogP contribution in [0.2, 0.25) is 0 Å². The van der Waals surface area contributed by atoms with Gasteiger partial charge in [0.25, 0.3) is 5.91 Å². The summed E-state index contributed by atoms with van der Waals surface area (Å²) in [5, 5.41) is 7.12. The molecule has 9 rings (SSSR count). The number of hydrogen-bond acceptors (Lipinski definition) is 22. The summed E-state index contributed by atoms with van der Waals surface area (Å²) in [6.45, 7) is 16.8. The van der Waals surface area contributed by atoms with Gasteiger partial charge in [-0.05, 0) is 141 Å². The monoisotopic (exact) mass is 1630 g/mol. The first-order valence-electron chi connectivity index (χ1n) is 34.6. The van der Waals surface area contributed by atoms with Crippen LogP contribution >= 0.6 is 7.14 Å². The van der Waals surface area contributed by atoms with Gasteiger partial charge in [0, 0.05) is 89.0 Å². The van der Waals surface area contributed by atoms with Gasteiger partial charge in [0.05, 0.1) is 48.9 Å². The zero-order chi connectivity index (χ0) is 78.0. The first-order valence-corrected chi connectivity index (χ1v) is 41.1. The smallest absolute Gasteiger partial charge is 0.744 e. The summed E-state index contributed by atoms with van der Waals surface area (Å²) in [6.07, 6.45) is 15.6. The van der Waals surface area contributed by atoms with Crippen LogP contribution in [0.1, 0.15) is 130 Å². The molecule has 0 bridgehead atoms. The third-order valence-electron chi connectivity index (χ3n) is 18.0. The number of fused-ring (bicyclic) bond motifs is 2. The minimum atomic E-state index is -4.77. The number of nitrogens with one attached hydrogen (secondary N) is 2. The van der Waals surface area contributed by atoms with Crippen LogP contribution in [-0.4, -0.2) is 152 Å². The number of methoxy groups -OCH3 is 1. The fourth-order valence-corrected chi connectivity index (χ4v) is 16.6. The molecule has 0 radical (unpaired) electrons. The average molecular weight is 1630 g/mol. The molecule has 2 amide bonds. The topological polar surface area (TPSA) is 362 Å². The van der Waals surface area contributed by atoms with E-state index in [-0.39, 0.29) is 132 Å². The molecular weight excluding hydrogens is 1550 g/mol. The van der Waals surface area contributed by atoms with Gasteiger partial charge < -0.3 is 59.8 Å². The van der Waals surface area contributed by atoms with Crippen molar-refractivity contribution in [2.24, 2.45) is 0 Å². The van der Waals surface area contributed by atoms with Crippen molar-refractivity contribution in [3.8, 4) is 5.75 Å². The second-order valence-corrected chi connectivity index (χ2v) is 32.2. The number of anilines is 1. The summed E-state index contributed by atoms with van der Waals surface area (Å²) in [7, 11) is -18.1. The predicted octanol–water partition coefficient (Wildman–Crippen LogP) is 0.333. The minimum absolute atomic E-state index is 0. The molecule has 0 saturated carbocycles. The van der Waals surface area contributed by atoms with E-state index >= 15 is 4.57 Å². The number of carbonyl (C=O) groups excluding carboxylic acids is 3. The van der Waals surface area contributed by atoms with E-state index in [0.29, 0.717) is 132 Å². The van der Waals surface area contributed by atoms with E-state index in [9.17, 15) is 40.3 Å². The van der Waals surface area contributed by atoms with Crippen LogP contribution in [0.25, 0.3) is 0 Å². The Hall–Kier alpha value is -5.87. The van der Waals surface area contributed by atoms with Crippen LogP contribution in [0.5, 0.6) is 5.75 Å². The molecule has 25 nitrogen and oxygen atoms in total. The van der Waals surface area contributed by atoms with E-state index in [1.165, 1.54) is 67.3 Å². The third kappa shape index (κ3) is 27.4. The fourth-order valence-electron chi connectivity index (χ4n) is 12.8. The van der Waals surface area contributed by atoms with Crippen molar-refractivity contribution in [1.82, 2.24) is 10.6 Å². The first kappa shape index (κ1) is 96.5. The van der Waals surface area contributed by atoms with Gasteiger partial charge in [-0.2, -0.15) is 24.6 Å². The van der Waals surface area contributed by atoms with Gasteiger partial charge in [-0.25, -0.2) is 26.2 Å². The Bertz CT molecular complexity index is 4750. The van der Waals surface area contributed by atoms with Gasteiger partial charge in [0.1, 0.15) is 44.0 Å². The van der Waals surface area contributed by atoms with E-state index in [0.717, 1.165) is 66.2 Å². The molecule has 0 aromatic heterocycles. The van der Waals surface area contributed by atoms with Gasteiger partial charge in [-0.1, -0.05) is 106 Å². The number of allylic oxidation sites excluding steroid dienone is 7. The molecule has 0 unspecified atom stereocenters. The van der Waals surface area contributed by atoms with Crippen molar-refractivity contribution < 1.29 is 187 Å². The molecule has 2 heterocycles. The molecule has 6 aromatic rings. The van der Waals surface area contributed by atoms with Crippen molar-refractivity contribution in [2.75, 3.05) is 77.8 Å². The summed E-state index contributed by atoms with van der Waals surface area (Å²) in [6, 6.07) is 41.6. The molecular formula is C77H88N4Na3O21PS4. The number of hydrogen-bond donors (Lipinski definition) is 2. The number of rotatable bonds is 35. The van der Waals surface area contributed by atoms with Crippen LogP contribution in [0.3, 0.4) is 0 Å². The second kappa shape index (κ2) is 46.5. The van der Waals surface area contributed by atoms with Crippen molar-refractivity contribution in [1.29, 1.82) is 0 Å². The molecule has 2 aliphatic heterocycles. The summed E-state index contributed by atoms with van der Waals surface area (Å²) >= 11 is 0. The molecule has 6 aromatic carbocycles. The van der Waals surface area contributed by atoms with Crippen molar-refractivity contribution in [2.45, 2.75) is 119 Å². The van der Waals surface area contributed by atoms with Crippen LogP contribution in [0, 0.1) is 13.0 Å². The molecule has 0 atom stereocenters. The summed E-state index contributed by atoms with van der Waals surface area (Å²) < 4.78 is 170. The quantitative estimate of drug-likeness (QED) is 0.0103. The molecule has 0 fully saturated rings. The Kier molecular flexibility index (Phi) is 40.8. The molecule has 0 saturated heterocycles. The molecule has 2 N–H and O–H groups in total. The van der Waals surface area contributed by atoms with Crippen LogP contribution in [-0.2, 0) is 80.6 Å². The van der Waals surface area contributed by atoms with Crippen molar-refractivity contribution in [3.63, 3.8) is 0 Å². The molecule has 3 aliphatic rings. The number of carbonyl (C=O) groups is 3. The standard InChI is InChI=1S/C77H90N4O15PS2.3Na.2O3S/c1-7-8-46-80-67-30-18-17-29-65(67)76(2,3)70(80)42-33-56-23-20-24-57(73(56)96-59-35-37-62(38-36-59)98(86,87)88)34-43-71-77(4,5)66-55-63(99(89,90)91)39-41-68(66)81(71)47-19-11-16-31-72(82)78-44-21-48-93-50-52-95-53-51-94-49-22-45-79-74(83)58-32-40-64(75(84)92-6)69(54-58)97(85,60-25-12-9-13-26-60)61-27-14-10-15-28-61;;;;2*1-4(2)3/h9-10,12-15,18,25-30,32-43,54-55H,1,7-8,11,16,19-24,31,44-53H2,2-6H3,(H,78,82)(H,79,83)(H,86,87,88)(H,89,90,91);;;;;/q-1;3*+1;;/p-2. The molecule has 110 heavy (non-hydrogen) atoms. The summed E-state index contributed by atoms with van der Waals surface area (Å²) in [5.41, 5.74) is 6.79. The minimum Gasteiger partial charge on any atom is -0.744 e. The first-order chi connectivity index (χ1) is 50.9. The van der Waals surface area contributed by atoms with Gasteiger partial charge in [0.15, 0.2) is 12.9 Å². The Morgan fingerprint density at radius 2 is 1.23 bits per heavy atom. The van der Waals surface area contributed by atoms with Gasteiger partial charge >= 0.3 is 116 Å². The fraction of sp³-hybridized carbons (Fsp3) is 0.364. The average Bonchev–Trinajstić information content (AvgIpc) is 1.45. The van der Waals surface area contributed by atoms with E-state index in [4.69, 9.17) is 48.9 Å². The van der Waals surface area contributed by atoms with Crippen molar-refractivity contribution in [3.05, 3.63) is 222 Å². The van der Waals surface area contributed by atoms with E-state index < -0.39 is 60.0 Å². The summed E-state index contributed by atoms with van der Waals surface area (Å²) in [4.78, 5) is 40.8. The number of unbranched alkanes of at least 4 members (excludes halogenated alkanes) is 3. The Balaban J connectivity index is 0.00000221. The number of amides is 2. The van der Waals surface area contributed by atoms with Crippen LogP contribution in [0.15, 0.2) is 196 Å². The molecule has 33 heteroatoms. The Morgan fingerprint density at radius 3 is 1.80 bits per heavy atom. The third-order valence-corrected chi connectivity index (χ3v) is 22.8.